The molecule has 1 N–H and O–H groups in total. The van der Waals surface area contributed by atoms with Crippen LogP contribution in [0.4, 0.5) is 5.69 Å². The Morgan fingerprint density at radius 2 is 2.17 bits per heavy atom. The fraction of sp³-hybridized carbons (Fsp3) is 0.533. The van der Waals surface area contributed by atoms with Gasteiger partial charge in [-0.1, -0.05) is 32.8 Å². The molecule has 1 fully saturated rings. The van der Waals surface area contributed by atoms with E-state index < -0.39 is 0 Å². The Morgan fingerprint density at radius 1 is 1.39 bits per heavy atom. The first kappa shape index (κ1) is 13.8. The van der Waals surface area contributed by atoms with Crippen molar-refractivity contribution in [2.45, 2.75) is 39.5 Å². The molecular formula is C15H20INO. The van der Waals surface area contributed by atoms with Crippen LogP contribution >= 0.6 is 22.6 Å². The number of amides is 1. The van der Waals surface area contributed by atoms with Crippen LogP contribution in [0.15, 0.2) is 24.3 Å². The molecule has 1 amide bonds. The van der Waals surface area contributed by atoms with Crippen molar-refractivity contribution in [2.24, 2.45) is 11.3 Å². The third-order valence-corrected chi connectivity index (χ3v) is 4.59. The summed E-state index contributed by atoms with van der Waals surface area (Å²) in [5.74, 6) is 0.325. The fourth-order valence-corrected chi connectivity index (χ4v) is 3.32. The quantitative estimate of drug-likeness (QED) is 0.779. The normalized spacial score (nSPS) is 22.5. The van der Waals surface area contributed by atoms with Gasteiger partial charge in [-0.3, -0.25) is 4.79 Å². The zero-order valence-electron chi connectivity index (χ0n) is 11.0. The van der Waals surface area contributed by atoms with Crippen molar-refractivity contribution in [1.29, 1.82) is 0 Å². The number of anilines is 1. The van der Waals surface area contributed by atoms with Gasteiger partial charge in [0.05, 0.1) is 0 Å². The maximum Gasteiger partial charge on any atom is 0.228 e. The van der Waals surface area contributed by atoms with Gasteiger partial charge in [0.25, 0.3) is 0 Å². The Kier molecular flexibility index (Phi) is 4.30. The van der Waals surface area contributed by atoms with E-state index in [1.54, 1.807) is 0 Å². The topological polar surface area (TPSA) is 29.1 Å². The second-order valence-electron chi connectivity index (χ2n) is 5.79. The van der Waals surface area contributed by atoms with Crippen molar-refractivity contribution < 1.29 is 4.79 Å². The highest BCUT2D eigenvalue weighted by molar-refractivity contribution is 14.1. The van der Waals surface area contributed by atoms with Gasteiger partial charge >= 0.3 is 0 Å². The van der Waals surface area contributed by atoms with Gasteiger partial charge in [-0.05, 0) is 59.0 Å². The highest BCUT2D eigenvalue weighted by atomic mass is 127. The van der Waals surface area contributed by atoms with E-state index in [0.717, 1.165) is 22.1 Å². The predicted molar refractivity (Wildman–Crippen MR) is 83.5 cm³/mol. The minimum atomic E-state index is 0.129. The molecule has 0 bridgehead atoms. The predicted octanol–water partition coefficient (Wildman–Crippen LogP) is 4.45. The zero-order chi connectivity index (χ0) is 13.2. The molecule has 18 heavy (non-hydrogen) atoms. The molecular weight excluding hydrogens is 337 g/mol. The van der Waals surface area contributed by atoms with Crippen molar-refractivity contribution in [3.05, 3.63) is 27.8 Å². The lowest BCUT2D eigenvalue weighted by molar-refractivity contribution is -0.124. The third kappa shape index (κ3) is 3.25. The van der Waals surface area contributed by atoms with E-state index >= 15 is 0 Å². The molecule has 0 spiro atoms. The lowest BCUT2D eigenvalue weighted by Crippen LogP contribution is -2.37. The monoisotopic (exact) mass is 357 g/mol. The molecule has 1 aromatic carbocycles. The van der Waals surface area contributed by atoms with Crippen LogP contribution in [0.5, 0.6) is 0 Å². The Balaban J connectivity index is 2.07. The molecule has 3 heteroatoms. The van der Waals surface area contributed by atoms with Crippen LogP contribution in [0.2, 0.25) is 0 Å². The molecule has 2 rings (SSSR count). The Labute approximate surface area is 123 Å². The molecule has 0 aromatic heterocycles. The average molecular weight is 357 g/mol. The number of rotatable bonds is 2. The smallest absolute Gasteiger partial charge is 0.228 e. The summed E-state index contributed by atoms with van der Waals surface area (Å²) < 4.78 is 1.15. The standard InChI is InChI=1S/C15H20INO/c1-15(2)9-4-3-8-13(15)14(18)17-12-7-5-6-11(16)10-12/h5-7,10,13H,3-4,8-9H2,1-2H3,(H,17,18). The second-order valence-corrected chi connectivity index (χ2v) is 7.03. The summed E-state index contributed by atoms with van der Waals surface area (Å²) in [5.41, 5.74) is 1.04. The Morgan fingerprint density at radius 3 is 2.83 bits per heavy atom. The fourth-order valence-electron chi connectivity index (χ4n) is 2.78. The lowest BCUT2D eigenvalue weighted by Gasteiger charge is -2.37. The van der Waals surface area contributed by atoms with E-state index in [9.17, 15) is 4.79 Å². The molecule has 1 atom stereocenters. The molecule has 1 unspecified atom stereocenters. The first-order valence-corrected chi connectivity index (χ1v) is 7.63. The molecule has 1 aliphatic carbocycles. The largest absolute Gasteiger partial charge is 0.326 e. The molecule has 0 saturated heterocycles. The number of carbonyl (C=O) groups excluding carboxylic acids is 1. The third-order valence-electron chi connectivity index (χ3n) is 3.92. The van der Waals surface area contributed by atoms with Crippen molar-refractivity contribution in [3.63, 3.8) is 0 Å². The van der Waals surface area contributed by atoms with Gasteiger partial charge in [0, 0.05) is 15.2 Å². The van der Waals surface area contributed by atoms with E-state index in [1.165, 1.54) is 12.8 Å². The highest BCUT2D eigenvalue weighted by Crippen LogP contribution is 2.41. The average Bonchev–Trinajstić information content (AvgIpc) is 2.28. The van der Waals surface area contributed by atoms with Gasteiger partial charge in [-0.2, -0.15) is 0 Å². The Bertz CT molecular complexity index is 442. The number of halogens is 1. The van der Waals surface area contributed by atoms with Crippen LogP contribution in [-0.2, 0) is 4.79 Å². The summed E-state index contributed by atoms with van der Waals surface area (Å²) in [7, 11) is 0. The van der Waals surface area contributed by atoms with E-state index in [4.69, 9.17) is 0 Å². The van der Waals surface area contributed by atoms with Gasteiger partial charge in [0.1, 0.15) is 0 Å². The van der Waals surface area contributed by atoms with Gasteiger partial charge in [-0.15, -0.1) is 0 Å². The van der Waals surface area contributed by atoms with Gasteiger partial charge in [0.15, 0.2) is 0 Å². The summed E-state index contributed by atoms with van der Waals surface area (Å²) in [5, 5.41) is 3.06. The van der Waals surface area contributed by atoms with Crippen molar-refractivity contribution in [3.8, 4) is 0 Å². The van der Waals surface area contributed by atoms with Gasteiger partial charge in [0.2, 0.25) is 5.91 Å². The maximum atomic E-state index is 12.4. The van der Waals surface area contributed by atoms with Crippen molar-refractivity contribution in [2.75, 3.05) is 5.32 Å². The highest BCUT2D eigenvalue weighted by Gasteiger charge is 2.37. The first-order valence-electron chi connectivity index (χ1n) is 6.55. The zero-order valence-corrected chi connectivity index (χ0v) is 13.2. The van der Waals surface area contributed by atoms with Crippen LogP contribution in [0.1, 0.15) is 39.5 Å². The molecule has 1 saturated carbocycles. The van der Waals surface area contributed by atoms with Crippen LogP contribution in [0.25, 0.3) is 0 Å². The van der Waals surface area contributed by atoms with Crippen LogP contribution < -0.4 is 5.32 Å². The summed E-state index contributed by atoms with van der Waals surface area (Å²) in [6.07, 6.45) is 4.59. The van der Waals surface area contributed by atoms with E-state index in [0.29, 0.717) is 0 Å². The van der Waals surface area contributed by atoms with Crippen molar-refractivity contribution in [1.82, 2.24) is 0 Å². The Hall–Kier alpha value is -0.580. The number of nitrogens with one attached hydrogen (secondary N) is 1. The molecule has 1 aromatic rings. The van der Waals surface area contributed by atoms with Crippen molar-refractivity contribution >= 4 is 34.2 Å². The number of hydrogen-bond donors (Lipinski definition) is 1. The molecule has 0 radical (unpaired) electrons. The van der Waals surface area contributed by atoms with Gasteiger partial charge < -0.3 is 5.32 Å². The number of benzene rings is 1. The molecule has 0 aliphatic heterocycles. The lowest BCUT2D eigenvalue weighted by atomic mass is 9.68. The van der Waals surface area contributed by atoms with Crippen LogP contribution in [0, 0.1) is 14.9 Å². The summed E-state index contributed by atoms with van der Waals surface area (Å²) >= 11 is 2.26. The SMILES string of the molecule is CC1(C)CCCCC1C(=O)Nc1cccc(I)c1. The summed E-state index contributed by atoms with van der Waals surface area (Å²) in [6, 6.07) is 7.97. The molecule has 98 valence electrons. The molecule has 1 aliphatic rings. The minimum Gasteiger partial charge on any atom is -0.326 e. The van der Waals surface area contributed by atoms with Gasteiger partial charge in [-0.25, -0.2) is 0 Å². The van der Waals surface area contributed by atoms with E-state index in [1.807, 2.05) is 24.3 Å². The number of hydrogen-bond acceptors (Lipinski definition) is 1. The maximum absolute atomic E-state index is 12.4. The van der Waals surface area contributed by atoms with Crippen LogP contribution in [-0.4, -0.2) is 5.91 Å². The van der Waals surface area contributed by atoms with E-state index in [2.05, 4.69) is 41.8 Å². The second kappa shape index (κ2) is 5.59. The first-order chi connectivity index (χ1) is 8.49. The number of carbonyl (C=O) groups is 1. The summed E-state index contributed by atoms with van der Waals surface area (Å²) in [4.78, 5) is 12.4. The molecule has 0 heterocycles. The van der Waals surface area contributed by atoms with Crippen LogP contribution in [0.3, 0.4) is 0 Å². The molecule has 2 nitrogen and oxygen atoms in total. The minimum absolute atomic E-state index is 0.129. The summed E-state index contributed by atoms with van der Waals surface area (Å²) in [6.45, 7) is 4.43. The van der Waals surface area contributed by atoms with E-state index in [-0.39, 0.29) is 17.2 Å².